The first kappa shape index (κ1) is 11.3. The van der Waals surface area contributed by atoms with Crippen molar-refractivity contribution in [2.24, 2.45) is 5.92 Å². The Morgan fingerprint density at radius 2 is 2.00 bits per heavy atom. The molecule has 92 valence electrons. The quantitative estimate of drug-likeness (QED) is 0.849. The van der Waals surface area contributed by atoms with Gasteiger partial charge in [0.25, 0.3) is 0 Å². The molecule has 18 heavy (non-hydrogen) atoms. The van der Waals surface area contributed by atoms with Crippen molar-refractivity contribution in [1.29, 1.82) is 0 Å². The molecule has 2 unspecified atom stereocenters. The molecule has 3 rings (SSSR count). The first-order valence-corrected chi connectivity index (χ1v) is 5.87. The Bertz CT molecular complexity index is 634. The number of pyridine rings is 2. The lowest BCUT2D eigenvalue weighted by Crippen LogP contribution is -2.15. The van der Waals surface area contributed by atoms with Crippen LogP contribution in [0.1, 0.15) is 6.42 Å². The lowest BCUT2D eigenvalue weighted by atomic mass is 10.2. The molecule has 2 aromatic rings. The third-order valence-electron chi connectivity index (χ3n) is 2.87. The number of amides is 1. The predicted octanol–water partition coefficient (Wildman–Crippen LogP) is 2.58. The molecule has 1 aliphatic carbocycles. The Morgan fingerprint density at radius 1 is 1.33 bits per heavy atom. The molecule has 2 aromatic heterocycles. The maximum atomic E-state index is 12.7. The molecule has 4 nitrogen and oxygen atoms in total. The number of carbonyl (C=O) groups is 1. The first-order chi connectivity index (χ1) is 8.63. The van der Waals surface area contributed by atoms with Gasteiger partial charge in [0.05, 0.1) is 5.92 Å². The largest absolute Gasteiger partial charge is 0.310 e. The van der Waals surface area contributed by atoms with E-state index in [9.17, 15) is 9.18 Å². The van der Waals surface area contributed by atoms with E-state index in [0.717, 1.165) is 10.8 Å². The van der Waals surface area contributed by atoms with Crippen LogP contribution in [0.2, 0.25) is 5.15 Å². The maximum Gasteiger partial charge on any atom is 0.231 e. The van der Waals surface area contributed by atoms with Gasteiger partial charge in [0, 0.05) is 23.2 Å². The Labute approximate surface area is 107 Å². The number of halogens is 2. The smallest absolute Gasteiger partial charge is 0.231 e. The summed E-state index contributed by atoms with van der Waals surface area (Å²) in [6, 6.07) is 3.38. The second-order valence-electron chi connectivity index (χ2n) is 4.27. The van der Waals surface area contributed by atoms with Crippen LogP contribution in [0.5, 0.6) is 0 Å². The summed E-state index contributed by atoms with van der Waals surface area (Å²) >= 11 is 5.76. The molecule has 6 heteroatoms. The fourth-order valence-corrected chi connectivity index (χ4v) is 1.90. The van der Waals surface area contributed by atoms with E-state index in [1.165, 1.54) is 0 Å². The topological polar surface area (TPSA) is 54.9 Å². The molecule has 1 N–H and O–H groups in total. The van der Waals surface area contributed by atoms with Gasteiger partial charge in [-0.2, -0.15) is 0 Å². The lowest BCUT2D eigenvalue weighted by molar-refractivity contribution is -0.117. The van der Waals surface area contributed by atoms with Gasteiger partial charge >= 0.3 is 0 Å². The van der Waals surface area contributed by atoms with Crippen molar-refractivity contribution in [3.63, 3.8) is 0 Å². The van der Waals surface area contributed by atoms with Crippen molar-refractivity contribution in [3.8, 4) is 0 Å². The molecule has 1 amide bonds. The van der Waals surface area contributed by atoms with Crippen LogP contribution in [0.25, 0.3) is 10.8 Å². The molecule has 1 saturated carbocycles. The van der Waals surface area contributed by atoms with Gasteiger partial charge in [-0.05, 0) is 18.6 Å². The number of alkyl halides is 1. The zero-order valence-electron chi connectivity index (χ0n) is 9.23. The van der Waals surface area contributed by atoms with E-state index in [1.54, 1.807) is 24.5 Å². The van der Waals surface area contributed by atoms with Crippen molar-refractivity contribution in [1.82, 2.24) is 9.97 Å². The van der Waals surface area contributed by atoms with Crippen molar-refractivity contribution < 1.29 is 9.18 Å². The highest BCUT2D eigenvalue weighted by Gasteiger charge is 2.43. The summed E-state index contributed by atoms with van der Waals surface area (Å²) in [5, 5.41) is 4.63. The highest BCUT2D eigenvalue weighted by atomic mass is 35.5. The number of nitrogens with one attached hydrogen (secondary N) is 1. The van der Waals surface area contributed by atoms with E-state index in [-0.39, 0.29) is 5.91 Å². The highest BCUT2D eigenvalue weighted by Crippen LogP contribution is 2.34. The fraction of sp³-hybridized carbons (Fsp3) is 0.250. The van der Waals surface area contributed by atoms with E-state index >= 15 is 0 Å². The van der Waals surface area contributed by atoms with Gasteiger partial charge in [0.15, 0.2) is 0 Å². The molecule has 1 aliphatic rings. The minimum Gasteiger partial charge on any atom is -0.310 e. The van der Waals surface area contributed by atoms with Crippen molar-refractivity contribution >= 4 is 34.1 Å². The monoisotopic (exact) mass is 265 g/mol. The highest BCUT2D eigenvalue weighted by molar-refractivity contribution is 6.30. The molecule has 0 radical (unpaired) electrons. The molecule has 1 fully saturated rings. The minimum atomic E-state index is -1.01. The molecule has 0 aromatic carbocycles. The van der Waals surface area contributed by atoms with Crippen molar-refractivity contribution in [2.45, 2.75) is 12.6 Å². The Morgan fingerprint density at radius 3 is 2.72 bits per heavy atom. The molecular weight excluding hydrogens is 257 g/mol. The summed E-state index contributed by atoms with van der Waals surface area (Å²) in [5.41, 5.74) is 0. The van der Waals surface area contributed by atoms with Crippen molar-refractivity contribution in [3.05, 3.63) is 29.7 Å². The summed E-state index contributed by atoms with van der Waals surface area (Å²) in [4.78, 5) is 19.6. The molecule has 0 aliphatic heterocycles. The average molecular weight is 266 g/mol. The maximum absolute atomic E-state index is 12.7. The standard InChI is InChI=1S/C12H9ClFN3O/c13-10-1-6-5-16-11(2-7(6)4-15-10)17-12(18)8-3-9(8)14/h1-2,4-5,8-9H,3H2,(H,16,17,18). The number of aromatic nitrogens is 2. The zero-order valence-corrected chi connectivity index (χ0v) is 9.99. The minimum absolute atomic E-state index is 0.302. The van der Waals surface area contributed by atoms with Crippen molar-refractivity contribution in [2.75, 3.05) is 5.32 Å². The first-order valence-electron chi connectivity index (χ1n) is 5.50. The van der Waals surface area contributed by atoms with E-state index in [4.69, 9.17) is 11.6 Å². The normalized spacial score (nSPS) is 21.9. The Hall–Kier alpha value is -1.75. The summed E-state index contributed by atoms with van der Waals surface area (Å²) in [6.07, 6.45) is 2.49. The summed E-state index contributed by atoms with van der Waals surface area (Å²) < 4.78 is 12.7. The zero-order chi connectivity index (χ0) is 12.7. The van der Waals surface area contributed by atoms with Crippen LogP contribution in [-0.4, -0.2) is 22.0 Å². The molecule has 2 atom stereocenters. The third-order valence-corrected chi connectivity index (χ3v) is 3.08. The summed E-state index contributed by atoms with van der Waals surface area (Å²) in [5.74, 6) is -0.446. The molecule has 2 heterocycles. The van der Waals surface area contributed by atoms with Gasteiger partial charge < -0.3 is 5.32 Å². The SMILES string of the molecule is O=C(Nc1cc2cnc(Cl)cc2cn1)C1CC1F. The number of rotatable bonds is 2. The molecular formula is C12H9ClFN3O. The number of hydrogen-bond acceptors (Lipinski definition) is 3. The number of nitrogens with zero attached hydrogens (tertiary/aromatic N) is 2. The second kappa shape index (κ2) is 4.17. The summed E-state index contributed by atoms with van der Waals surface area (Å²) in [7, 11) is 0. The van der Waals surface area contributed by atoms with Crippen LogP contribution < -0.4 is 5.32 Å². The van der Waals surface area contributed by atoms with Crippen LogP contribution in [0.4, 0.5) is 10.2 Å². The van der Waals surface area contributed by atoms with Crippen LogP contribution >= 0.6 is 11.6 Å². The lowest BCUT2D eigenvalue weighted by Gasteiger charge is -2.04. The van der Waals surface area contributed by atoms with Crippen LogP contribution in [-0.2, 0) is 4.79 Å². The van der Waals surface area contributed by atoms with Gasteiger partial charge in [-0.3, -0.25) is 4.79 Å². The number of fused-ring (bicyclic) bond motifs is 1. The van der Waals surface area contributed by atoms with E-state index in [0.29, 0.717) is 17.4 Å². The van der Waals surface area contributed by atoms with Gasteiger partial charge in [-0.25, -0.2) is 14.4 Å². The van der Waals surface area contributed by atoms with Gasteiger partial charge in [0.1, 0.15) is 17.1 Å². The molecule has 0 bridgehead atoms. The second-order valence-corrected chi connectivity index (χ2v) is 4.66. The van der Waals surface area contributed by atoms with Crippen LogP contribution in [0, 0.1) is 5.92 Å². The number of hydrogen-bond donors (Lipinski definition) is 1. The van der Waals surface area contributed by atoms with Crippen LogP contribution in [0.15, 0.2) is 24.5 Å². The predicted molar refractivity (Wildman–Crippen MR) is 66.2 cm³/mol. The molecule has 0 saturated heterocycles. The van der Waals surface area contributed by atoms with E-state index < -0.39 is 12.1 Å². The Balaban J connectivity index is 1.84. The van der Waals surface area contributed by atoms with E-state index in [2.05, 4.69) is 15.3 Å². The summed E-state index contributed by atoms with van der Waals surface area (Å²) in [6.45, 7) is 0. The number of anilines is 1. The third kappa shape index (κ3) is 2.13. The average Bonchev–Trinajstić information content (AvgIpc) is 3.07. The van der Waals surface area contributed by atoms with Gasteiger partial charge in [0.2, 0.25) is 5.91 Å². The Kier molecular flexibility index (Phi) is 2.63. The fourth-order valence-electron chi connectivity index (χ4n) is 1.73. The van der Waals surface area contributed by atoms with E-state index in [1.807, 2.05) is 0 Å². The van der Waals surface area contributed by atoms with Gasteiger partial charge in [-0.1, -0.05) is 11.6 Å². The molecule has 0 spiro atoms. The van der Waals surface area contributed by atoms with Gasteiger partial charge in [-0.15, -0.1) is 0 Å². The number of carbonyl (C=O) groups excluding carboxylic acids is 1. The van der Waals surface area contributed by atoms with Crippen LogP contribution in [0.3, 0.4) is 0 Å².